The van der Waals surface area contributed by atoms with Crippen molar-refractivity contribution < 1.29 is 9.67 Å². The van der Waals surface area contributed by atoms with E-state index >= 15 is 0 Å². The summed E-state index contributed by atoms with van der Waals surface area (Å²) in [6.07, 6.45) is 5.00. The summed E-state index contributed by atoms with van der Waals surface area (Å²) in [6, 6.07) is 3.90. The molecule has 4 aliphatic carbocycles. The van der Waals surface area contributed by atoms with Gasteiger partial charge in [-0.1, -0.05) is 0 Å². The van der Waals surface area contributed by atoms with Crippen molar-refractivity contribution in [3.05, 3.63) is 17.8 Å². The van der Waals surface area contributed by atoms with Crippen LogP contribution in [0.3, 0.4) is 0 Å². The van der Waals surface area contributed by atoms with Crippen molar-refractivity contribution in [2.24, 2.45) is 17.8 Å². The van der Waals surface area contributed by atoms with Gasteiger partial charge in [0.05, 0.1) is 5.60 Å². The molecule has 2 atom stereocenters. The molecule has 156 valence electrons. The highest BCUT2D eigenvalue weighted by molar-refractivity contribution is 7.69. The van der Waals surface area contributed by atoms with Crippen LogP contribution in [0.1, 0.15) is 37.8 Å². The number of nitrogens with one attached hydrogen (secondary N) is 3. The Morgan fingerprint density at radius 2 is 1.86 bits per heavy atom. The lowest BCUT2D eigenvalue weighted by Gasteiger charge is -2.58. The van der Waals surface area contributed by atoms with E-state index in [1.165, 1.54) is 0 Å². The molecular formula is C20H29N6O2P. The quantitative estimate of drug-likeness (QED) is 0.554. The molecule has 2 aromatic rings. The number of anilines is 3. The van der Waals surface area contributed by atoms with Gasteiger partial charge in [-0.05, 0) is 70.1 Å². The molecule has 4 aliphatic rings. The van der Waals surface area contributed by atoms with Crippen molar-refractivity contribution in [2.45, 2.75) is 50.7 Å². The molecule has 9 heteroatoms. The smallest absolute Gasteiger partial charge is 0.225 e. The maximum atomic E-state index is 12.8. The molecule has 4 saturated carbocycles. The fraction of sp³-hybridized carbons (Fsp3) is 0.650. The second-order valence-electron chi connectivity index (χ2n) is 9.71. The Morgan fingerprint density at radius 3 is 2.45 bits per heavy atom. The zero-order chi connectivity index (χ0) is 20.4. The third-order valence-electron chi connectivity index (χ3n) is 6.76. The molecule has 4 fully saturated rings. The summed E-state index contributed by atoms with van der Waals surface area (Å²) in [6.45, 7) is 5.38. The summed E-state index contributed by atoms with van der Waals surface area (Å²) in [5, 5.41) is 24.7. The minimum absolute atomic E-state index is 0.260. The van der Waals surface area contributed by atoms with Crippen LogP contribution >= 0.6 is 7.14 Å². The zero-order valence-corrected chi connectivity index (χ0v) is 18.0. The number of rotatable bonds is 5. The molecule has 0 aromatic carbocycles. The van der Waals surface area contributed by atoms with Gasteiger partial charge < -0.3 is 20.3 Å². The molecule has 2 unspecified atom stereocenters. The Labute approximate surface area is 170 Å². The first kappa shape index (κ1) is 19.1. The molecule has 29 heavy (non-hydrogen) atoms. The van der Waals surface area contributed by atoms with E-state index in [9.17, 15) is 9.67 Å². The van der Waals surface area contributed by atoms with Crippen molar-refractivity contribution in [1.29, 1.82) is 0 Å². The number of aliphatic hydroxyl groups is 1. The second-order valence-corrected chi connectivity index (χ2v) is 12.9. The third-order valence-corrected chi connectivity index (χ3v) is 8.10. The van der Waals surface area contributed by atoms with Crippen LogP contribution in [0.2, 0.25) is 0 Å². The predicted octanol–water partition coefficient (Wildman–Crippen LogP) is 2.85. The van der Waals surface area contributed by atoms with Crippen molar-refractivity contribution in [3.63, 3.8) is 0 Å². The van der Waals surface area contributed by atoms with E-state index in [0.29, 0.717) is 40.8 Å². The first-order valence-electron chi connectivity index (χ1n) is 10.4. The molecule has 0 radical (unpaired) electrons. The Hall–Kier alpha value is -1.92. The van der Waals surface area contributed by atoms with Gasteiger partial charge in [-0.2, -0.15) is 10.1 Å². The molecule has 8 nitrogen and oxygen atoms in total. The van der Waals surface area contributed by atoms with Crippen molar-refractivity contribution in [2.75, 3.05) is 24.0 Å². The van der Waals surface area contributed by atoms with E-state index in [-0.39, 0.29) is 6.04 Å². The van der Waals surface area contributed by atoms with Gasteiger partial charge in [-0.15, -0.1) is 0 Å². The molecular weight excluding hydrogens is 387 g/mol. The summed E-state index contributed by atoms with van der Waals surface area (Å²) in [5.41, 5.74) is 1.03. The van der Waals surface area contributed by atoms with Crippen LogP contribution in [0.5, 0.6) is 0 Å². The number of nitrogens with zero attached hydrogens (tertiary/aromatic N) is 3. The van der Waals surface area contributed by atoms with Gasteiger partial charge in [0.15, 0.2) is 5.82 Å². The predicted molar refractivity (Wildman–Crippen MR) is 114 cm³/mol. The monoisotopic (exact) mass is 416 g/mol. The van der Waals surface area contributed by atoms with Crippen LogP contribution in [-0.2, 0) is 4.57 Å². The minimum atomic E-state index is -2.56. The molecule has 0 aliphatic heterocycles. The van der Waals surface area contributed by atoms with E-state index in [1.54, 1.807) is 19.4 Å². The van der Waals surface area contributed by atoms with Gasteiger partial charge in [0, 0.05) is 23.9 Å². The van der Waals surface area contributed by atoms with Crippen LogP contribution in [0.4, 0.5) is 17.6 Å². The summed E-state index contributed by atoms with van der Waals surface area (Å²) in [4.78, 5) is 9.25. The first-order valence-corrected chi connectivity index (χ1v) is 13.0. The normalized spacial score (nSPS) is 33.1. The van der Waals surface area contributed by atoms with Crippen LogP contribution in [0.25, 0.3) is 0 Å². The van der Waals surface area contributed by atoms with Gasteiger partial charge in [-0.25, -0.2) is 4.98 Å². The zero-order valence-electron chi connectivity index (χ0n) is 17.1. The number of aromatic amines is 1. The number of aromatic nitrogens is 4. The molecule has 4 N–H and O–H groups in total. The highest BCUT2D eigenvalue weighted by Crippen LogP contribution is 2.56. The minimum Gasteiger partial charge on any atom is -0.390 e. The van der Waals surface area contributed by atoms with E-state index in [2.05, 4.69) is 30.8 Å². The molecule has 0 amide bonds. The SMILES string of the molecule is Cc1cc(Nc2cc(P(C)(C)=O)nc(NC3C4CC5CC3CC(O)(C5)C4)n2)n[nH]1. The number of aryl methyl sites for hydroxylation is 1. The van der Waals surface area contributed by atoms with Crippen molar-refractivity contribution >= 4 is 30.2 Å². The van der Waals surface area contributed by atoms with Crippen LogP contribution in [-0.4, -0.2) is 50.2 Å². The number of hydrogen-bond donors (Lipinski definition) is 4. The van der Waals surface area contributed by atoms with E-state index in [1.807, 2.05) is 13.0 Å². The van der Waals surface area contributed by atoms with E-state index in [4.69, 9.17) is 0 Å². The summed E-state index contributed by atoms with van der Waals surface area (Å²) in [5.74, 6) is 3.28. The maximum Gasteiger partial charge on any atom is 0.225 e. The van der Waals surface area contributed by atoms with Gasteiger partial charge in [0.1, 0.15) is 18.4 Å². The lowest BCUT2D eigenvalue weighted by atomic mass is 9.52. The average molecular weight is 416 g/mol. The van der Waals surface area contributed by atoms with Gasteiger partial charge >= 0.3 is 0 Å². The molecule has 0 saturated heterocycles. The number of H-pyrrole nitrogens is 1. The fourth-order valence-corrected chi connectivity index (χ4v) is 6.59. The average Bonchev–Trinajstić information content (AvgIpc) is 3.00. The fourth-order valence-electron chi connectivity index (χ4n) is 5.82. The largest absolute Gasteiger partial charge is 0.390 e. The standard InChI is InChI=1S/C20H29N6O2P/c1-11-4-16(26-25-11)21-15-7-17(29(2,3)28)23-19(22-15)24-18-13-5-12-6-14(18)10-20(27,8-12)9-13/h4,7,12-14,18,27H,5-6,8-10H2,1-3H3,(H3,21,22,23,24,25,26). The highest BCUT2D eigenvalue weighted by atomic mass is 31.2. The lowest BCUT2D eigenvalue weighted by Crippen LogP contribution is -2.59. The maximum absolute atomic E-state index is 12.8. The van der Waals surface area contributed by atoms with Crippen LogP contribution in [0.15, 0.2) is 12.1 Å². The second kappa shape index (κ2) is 6.54. The van der Waals surface area contributed by atoms with Gasteiger partial charge in [0.2, 0.25) is 5.95 Å². The Balaban J connectivity index is 1.43. The first-order chi connectivity index (χ1) is 13.7. The van der Waals surface area contributed by atoms with Crippen molar-refractivity contribution in [3.8, 4) is 0 Å². The molecule has 4 bridgehead atoms. The Bertz CT molecular complexity index is 969. The molecule has 0 spiro atoms. The molecule has 2 aromatic heterocycles. The van der Waals surface area contributed by atoms with Crippen LogP contribution < -0.4 is 16.1 Å². The third kappa shape index (κ3) is 3.68. The summed E-state index contributed by atoms with van der Waals surface area (Å²) >= 11 is 0. The van der Waals surface area contributed by atoms with Gasteiger partial charge in [0.25, 0.3) is 0 Å². The molecule has 2 heterocycles. The molecule has 6 rings (SSSR count). The van der Waals surface area contributed by atoms with Gasteiger partial charge in [-0.3, -0.25) is 5.10 Å². The highest BCUT2D eigenvalue weighted by Gasteiger charge is 2.54. The topological polar surface area (TPSA) is 116 Å². The number of hydrogen-bond acceptors (Lipinski definition) is 7. The Kier molecular flexibility index (Phi) is 4.30. The van der Waals surface area contributed by atoms with Crippen molar-refractivity contribution in [1.82, 2.24) is 20.2 Å². The Morgan fingerprint density at radius 1 is 1.14 bits per heavy atom. The van der Waals surface area contributed by atoms with E-state index < -0.39 is 12.7 Å². The summed E-state index contributed by atoms with van der Waals surface area (Å²) in [7, 11) is -2.56. The summed E-state index contributed by atoms with van der Waals surface area (Å²) < 4.78 is 12.8. The van der Waals surface area contributed by atoms with Crippen LogP contribution in [0, 0.1) is 24.7 Å². The lowest BCUT2D eigenvalue weighted by molar-refractivity contribution is -0.129. The van der Waals surface area contributed by atoms with E-state index in [0.717, 1.165) is 37.8 Å².